The van der Waals surface area contributed by atoms with Crippen LogP contribution >= 0.6 is 0 Å². The van der Waals surface area contributed by atoms with Crippen molar-refractivity contribution in [3.8, 4) is 0 Å². The highest BCUT2D eigenvalue weighted by Crippen LogP contribution is 2.11. The van der Waals surface area contributed by atoms with E-state index in [1.807, 2.05) is 6.21 Å². The van der Waals surface area contributed by atoms with E-state index in [2.05, 4.69) is 15.5 Å². The molecule has 0 radical (unpaired) electrons. The van der Waals surface area contributed by atoms with Crippen LogP contribution in [0.4, 0.5) is 0 Å². The van der Waals surface area contributed by atoms with Gasteiger partial charge in [0.2, 0.25) is 0 Å². The zero-order valence-electron chi connectivity index (χ0n) is 5.17. The minimum Gasteiger partial charge on any atom is -0.311 e. The molecule has 3 heteroatoms. The number of fused-ring (bicyclic) bond motifs is 1. The van der Waals surface area contributed by atoms with Gasteiger partial charge in [0.15, 0.2) is 0 Å². The highest BCUT2D eigenvalue weighted by molar-refractivity contribution is 6.03. The first-order valence-electron chi connectivity index (χ1n) is 3.27. The van der Waals surface area contributed by atoms with Gasteiger partial charge in [0.25, 0.3) is 0 Å². The molecule has 0 bridgehead atoms. The van der Waals surface area contributed by atoms with Crippen LogP contribution in [0, 0.1) is 5.92 Å². The molecular formula is C6H9N3. The maximum Gasteiger partial charge on any atom is 0.0628 e. The molecule has 1 unspecified atom stereocenters. The van der Waals surface area contributed by atoms with Crippen molar-refractivity contribution in [3.63, 3.8) is 0 Å². The molecule has 0 aromatic rings. The van der Waals surface area contributed by atoms with Crippen LogP contribution in [0.1, 0.15) is 6.42 Å². The third-order valence-corrected chi connectivity index (χ3v) is 1.80. The van der Waals surface area contributed by atoms with Gasteiger partial charge in [-0.25, -0.2) is 0 Å². The Hall–Kier alpha value is -0.700. The van der Waals surface area contributed by atoms with Crippen molar-refractivity contribution in [3.05, 3.63) is 0 Å². The van der Waals surface area contributed by atoms with Gasteiger partial charge in [-0.2, -0.15) is 10.2 Å². The summed E-state index contributed by atoms with van der Waals surface area (Å²) in [7, 11) is 0. The van der Waals surface area contributed by atoms with Crippen molar-refractivity contribution in [2.45, 2.75) is 6.42 Å². The van der Waals surface area contributed by atoms with Gasteiger partial charge in [-0.05, 0) is 13.0 Å². The summed E-state index contributed by atoms with van der Waals surface area (Å²) >= 11 is 0. The van der Waals surface area contributed by atoms with Crippen molar-refractivity contribution < 1.29 is 0 Å². The largest absolute Gasteiger partial charge is 0.311 e. The number of nitrogens with one attached hydrogen (secondary N) is 1. The third-order valence-electron chi connectivity index (χ3n) is 1.80. The predicted octanol–water partition coefficient (Wildman–Crippen LogP) is 0.0363. The maximum absolute atomic E-state index is 3.98. The Labute approximate surface area is 53.9 Å². The highest BCUT2D eigenvalue weighted by atomic mass is 15.2. The van der Waals surface area contributed by atoms with Crippen LogP contribution in [0.15, 0.2) is 10.2 Å². The summed E-state index contributed by atoms with van der Waals surface area (Å²) in [6.45, 7) is 2.04. The fourth-order valence-electron chi connectivity index (χ4n) is 1.23. The van der Waals surface area contributed by atoms with Gasteiger partial charge >= 0.3 is 0 Å². The SMILES string of the molecule is C1=NN=C2CNCCC12. The van der Waals surface area contributed by atoms with E-state index >= 15 is 0 Å². The Morgan fingerprint density at radius 2 is 2.67 bits per heavy atom. The topological polar surface area (TPSA) is 36.8 Å². The van der Waals surface area contributed by atoms with E-state index in [9.17, 15) is 0 Å². The number of nitrogens with zero attached hydrogens (tertiary/aromatic N) is 2. The monoisotopic (exact) mass is 123 g/mol. The second-order valence-electron chi connectivity index (χ2n) is 2.43. The maximum atomic E-state index is 3.98. The number of hydrogen-bond donors (Lipinski definition) is 1. The molecule has 1 atom stereocenters. The molecule has 1 N–H and O–H groups in total. The van der Waals surface area contributed by atoms with Crippen LogP contribution in [-0.4, -0.2) is 25.0 Å². The molecule has 9 heavy (non-hydrogen) atoms. The Bertz CT molecular complexity index is 171. The zero-order valence-corrected chi connectivity index (χ0v) is 5.17. The lowest BCUT2D eigenvalue weighted by molar-refractivity contribution is 0.634. The highest BCUT2D eigenvalue weighted by Gasteiger charge is 2.20. The molecule has 48 valence electrons. The lowest BCUT2D eigenvalue weighted by Gasteiger charge is -2.16. The fraction of sp³-hybridized carbons (Fsp3) is 0.667. The molecule has 3 nitrogen and oxygen atoms in total. The lowest BCUT2D eigenvalue weighted by atomic mass is 9.98. The molecule has 1 fully saturated rings. The molecule has 2 aliphatic heterocycles. The van der Waals surface area contributed by atoms with Gasteiger partial charge in [-0.1, -0.05) is 0 Å². The Kier molecular flexibility index (Phi) is 1.09. The lowest BCUT2D eigenvalue weighted by Crippen LogP contribution is -2.35. The minimum absolute atomic E-state index is 0.561. The molecule has 0 aliphatic carbocycles. The summed E-state index contributed by atoms with van der Waals surface area (Å²) < 4.78 is 0. The Balaban J connectivity index is 2.16. The van der Waals surface area contributed by atoms with Gasteiger partial charge < -0.3 is 5.32 Å². The summed E-state index contributed by atoms with van der Waals surface area (Å²) in [4.78, 5) is 0. The zero-order chi connectivity index (χ0) is 6.10. The van der Waals surface area contributed by atoms with Crippen LogP contribution in [0.25, 0.3) is 0 Å². The normalized spacial score (nSPS) is 32.0. The van der Waals surface area contributed by atoms with E-state index in [0.717, 1.165) is 13.1 Å². The summed E-state index contributed by atoms with van der Waals surface area (Å²) in [6, 6.07) is 0. The van der Waals surface area contributed by atoms with Gasteiger partial charge in [-0.3, -0.25) is 0 Å². The summed E-state index contributed by atoms with van der Waals surface area (Å²) in [6.07, 6.45) is 3.11. The molecule has 2 aliphatic rings. The first-order chi connectivity index (χ1) is 4.47. The van der Waals surface area contributed by atoms with E-state index in [1.54, 1.807) is 0 Å². The van der Waals surface area contributed by atoms with Gasteiger partial charge in [0, 0.05) is 18.7 Å². The average molecular weight is 123 g/mol. The molecule has 0 aromatic heterocycles. The number of piperidine rings is 1. The second-order valence-corrected chi connectivity index (χ2v) is 2.43. The Morgan fingerprint density at radius 1 is 1.67 bits per heavy atom. The standard InChI is InChI=1S/C6H9N3/c1-2-7-4-6-5(1)3-8-9-6/h3,5,7H,1-2,4H2. The minimum atomic E-state index is 0.561. The van der Waals surface area contributed by atoms with E-state index in [1.165, 1.54) is 12.1 Å². The van der Waals surface area contributed by atoms with E-state index in [0.29, 0.717) is 5.92 Å². The van der Waals surface area contributed by atoms with Crippen LogP contribution in [0.2, 0.25) is 0 Å². The fourth-order valence-corrected chi connectivity index (χ4v) is 1.23. The van der Waals surface area contributed by atoms with Crippen LogP contribution in [0.3, 0.4) is 0 Å². The van der Waals surface area contributed by atoms with Crippen LogP contribution in [0.5, 0.6) is 0 Å². The molecular weight excluding hydrogens is 114 g/mol. The van der Waals surface area contributed by atoms with Crippen molar-refractivity contribution in [1.29, 1.82) is 0 Å². The first kappa shape index (κ1) is 5.11. The van der Waals surface area contributed by atoms with Gasteiger partial charge in [0.1, 0.15) is 0 Å². The van der Waals surface area contributed by atoms with Crippen molar-refractivity contribution in [2.24, 2.45) is 16.1 Å². The van der Waals surface area contributed by atoms with Crippen molar-refractivity contribution in [1.82, 2.24) is 5.32 Å². The summed E-state index contributed by atoms with van der Waals surface area (Å²) in [5, 5.41) is 11.1. The van der Waals surface area contributed by atoms with Crippen LogP contribution in [-0.2, 0) is 0 Å². The summed E-state index contributed by atoms with van der Waals surface area (Å²) in [5.74, 6) is 0.561. The molecule has 0 amide bonds. The second kappa shape index (κ2) is 1.92. The quantitative estimate of drug-likeness (QED) is 0.485. The van der Waals surface area contributed by atoms with E-state index in [-0.39, 0.29) is 0 Å². The van der Waals surface area contributed by atoms with E-state index < -0.39 is 0 Å². The smallest absolute Gasteiger partial charge is 0.0628 e. The molecule has 2 heterocycles. The van der Waals surface area contributed by atoms with Crippen LogP contribution < -0.4 is 5.32 Å². The Morgan fingerprint density at radius 3 is 3.56 bits per heavy atom. The third kappa shape index (κ3) is 0.772. The molecule has 0 spiro atoms. The number of rotatable bonds is 0. The number of hydrogen-bond acceptors (Lipinski definition) is 3. The predicted molar refractivity (Wildman–Crippen MR) is 36.9 cm³/mol. The molecule has 0 saturated carbocycles. The van der Waals surface area contributed by atoms with E-state index in [4.69, 9.17) is 0 Å². The molecule has 2 rings (SSSR count). The summed E-state index contributed by atoms with van der Waals surface area (Å²) in [5.41, 5.74) is 1.21. The van der Waals surface area contributed by atoms with Gasteiger partial charge in [0.05, 0.1) is 5.71 Å². The first-order valence-corrected chi connectivity index (χ1v) is 3.27. The molecule has 0 aromatic carbocycles. The molecule has 1 saturated heterocycles. The van der Waals surface area contributed by atoms with Gasteiger partial charge in [-0.15, -0.1) is 0 Å². The van der Waals surface area contributed by atoms with Crippen molar-refractivity contribution >= 4 is 11.9 Å². The average Bonchev–Trinajstić information content (AvgIpc) is 2.33. The van der Waals surface area contributed by atoms with Crippen molar-refractivity contribution in [2.75, 3.05) is 13.1 Å².